The van der Waals surface area contributed by atoms with Crippen LogP contribution in [-0.4, -0.2) is 32.7 Å². The van der Waals surface area contributed by atoms with Crippen LogP contribution in [0.3, 0.4) is 0 Å². The van der Waals surface area contributed by atoms with E-state index in [2.05, 4.69) is 5.32 Å². The summed E-state index contributed by atoms with van der Waals surface area (Å²) in [4.78, 5) is 13.8. The van der Waals surface area contributed by atoms with E-state index in [1.165, 1.54) is 0 Å². The molecule has 1 atom stereocenters. The van der Waals surface area contributed by atoms with E-state index < -0.39 is 0 Å². The third-order valence-corrected chi connectivity index (χ3v) is 3.51. The number of halogens is 1. The van der Waals surface area contributed by atoms with Crippen LogP contribution < -0.4 is 15.0 Å². The van der Waals surface area contributed by atoms with Crippen molar-refractivity contribution in [2.24, 2.45) is 0 Å². The summed E-state index contributed by atoms with van der Waals surface area (Å²) in [5.74, 6) is 0.739. The Bertz CT molecular complexity index is 445. The molecule has 0 bridgehead atoms. The number of amides is 1. The lowest BCUT2D eigenvalue weighted by Gasteiger charge is -2.22. The molecule has 98 valence electrons. The Morgan fingerprint density at radius 1 is 1.56 bits per heavy atom. The lowest BCUT2D eigenvalue weighted by molar-refractivity contribution is -0.119. The van der Waals surface area contributed by atoms with Crippen molar-refractivity contribution in [3.8, 4) is 5.75 Å². The molecule has 1 N–H and O–H groups in total. The molecule has 1 aromatic rings. The van der Waals surface area contributed by atoms with Crippen LogP contribution in [-0.2, 0) is 4.79 Å². The summed E-state index contributed by atoms with van der Waals surface area (Å²) in [7, 11) is 3.33. The van der Waals surface area contributed by atoms with Crippen molar-refractivity contribution < 1.29 is 9.53 Å². The minimum Gasteiger partial charge on any atom is -0.497 e. The highest BCUT2D eigenvalue weighted by atomic mass is 35.5. The zero-order valence-electron chi connectivity index (χ0n) is 10.6. The van der Waals surface area contributed by atoms with E-state index in [0.717, 1.165) is 19.4 Å². The normalized spacial score (nSPS) is 18.7. The largest absolute Gasteiger partial charge is 0.497 e. The second kappa shape index (κ2) is 5.59. The van der Waals surface area contributed by atoms with Crippen molar-refractivity contribution in [2.45, 2.75) is 18.9 Å². The Morgan fingerprint density at radius 3 is 2.89 bits per heavy atom. The second-order valence-corrected chi connectivity index (χ2v) is 4.77. The third-order valence-electron chi connectivity index (χ3n) is 3.21. The van der Waals surface area contributed by atoms with Gasteiger partial charge in [0.05, 0.1) is 23.9 Å². The Balaban J connectivity index is 2.17. The number of hydrogen-bond donors (Lipinski definition) is 1. The summed E-state index contributed by atoms with van der Waals surface area (Å²) in [5, 5.41) is 3.71. The number of anilines is 1. The highest BCUT2D eigenvalue weighted by Gasteiger charge is 2.26. The Morgan fingerprint density at radius 2 is 2.33 bits per heavy atom. The Kier molecular flexibility index (Phi) is 4.09. The quantitative estimate of drug-likeness (QED) is 0.912. The van der Waals surface area contributed by atoms with Gasteiger partial charge in [0, 0.05) is 13.1 Å². The molecular formula is C13H17ClN2O2. The minimum absolute atomic E-state index is 0.0552. The van der Waals surface area contributed by atoms with Gasteiger partial charge in [0.1, 0.15) is 5.75 Å². The third kappa shape index (κ3) is 2.60. The summed E-state index contributed by atoms with van der Waals surface area (Å²) in [5.41, 5.74) is 0.705. The number of benzene rings is 1. The molecular weight excluding hydrogens is 252 g/mol. The number of carbonyl (C=O) groups excluding carboxylic acids is 1. The first-order valence-corrected chi connectivity index (χ1v) is 6.36. The monoisotopic (exact) mass is 268 g/mol. The number of methoxy groups -OCH3 is 1. The van der Waals surface area contributed by atoms with Crippen molar-refractivity contribution in [2.75, 3.05) is 25.6 Å². The van der Waals surface area contributed by atoms with E-state index in [4.69, 9.17) is 16.3 Å². The van der Waals surface area contributed by atoms with Crippen LogP contribution in [0.25, 0.3) is 0 Å². The van der Waals surface area contributed by atoms with Crippen LogP contribution >= 0.6 is 11.6 Å². The molecule has 1 fully saturated rings. The number of nitrogens with one attached hydrogen (secondary N) is 1. The van der Waals surface area contributed by atoms with Crippen LogP contribution in [0.2, 0.25) is 5.02 Å². The van der Waals surface area contributed by atoms with Crippen LogP contribution in [0.1, 0.15) is 12.8 Å². The number of ether oxygens (including phenoxy) is 1. The fourth-order valence-electron chi connectivity index (χ4n) is 2.13. The molecule has 2 rings (SSSR count). The van der Waals surface area contributed by atoms with Gasteiger partial charge in [-0.2, -0.15) is 0 Å². The number of carbonyl (C=O) groups is 1. The smallest absolute Gasteiger partial charge is 0.243 e. The van der Waals surface area contributed by atoms with Crippen LogP contribution in [0.4, 0.5) is 5.69 Å². The molecule has 0 aromatic heterocycles. The van der Waals surface area contributed by atoms with Gasteiger partial charge in [-0.3, -0.25) is 4.79 Å². The van der Waals surface area contributed by atoms with Crippen LogP contribution in [0, 0.1) is 0 Å². The molecule has 18 heavy (non-hydrogen) atoms. The summed E-state index contributed by atoms with van der Waals surface area (Å²) in [6.07, 6.45) is 1.93. The standard InChI is InChI=1S/C13H17ClN2O2/c1-16(13(17)11-4-3-7-15-11)12-6-5-9(18-2)8-10(12)14/h5-6,8,11,15H,3-4,7H2,1-2H3. The lowest BCUT2D eigenvalue weighted by Crippen LogP contribution is -2.41. The second-order valence-electron chi connectivity index (χ2n) is 4.36. The highest BCUT2D eigenvalue weighted by molar-refractivity contribution is 6.34. The number of likely N-dealkylation sites (N-methyl/N-ethyl adjacent to an activating group) is 1. The average Bonchev–Trinajstić information content (AvgIpc) is 2.90. The zero-order chi connectivity index (χ0) is 13.1. The maximum absolute atomic E-state index is 12.2. The fourth-order valence-corrected chi connectivity index (χ4v) is 2.43. The van der Waals surface area contributed by atoms with E-state index in [-0.39, 0.29) is 11.9 Å². The zero-order valence-corrected chi connectivity index (χ0v) is 11.3. The molecule has 1 aliphatic rings. The molecule has 1 aromatic carbocycles. The molecule has 1 amide bonds. The van der Waals surface area contributed by atoms with Gasteiger partial charge in [0.15, 0.2) is 0 Å². The van der Waals surface area contributed by atoms with E-state index in [9.17, 15) is 4.79 Å². The molecule has 5 heteroatoms. The molecule has 1 aliphatic heterocycles. The molecule has 1 heterocycles. The first kappa shape index (κ1) is 13.2. The van der Waals surface area contributed by atoms with Gasteiger partial charge in [0.2, 0.25) is 5.91 Å². The molecule has 0 spiro atoms. The van der Waals surface area contributed by atoms with Gasteiger partial charge in [-0.15, -0.1) is 0 Å². The summed E-state index contributed by atoms with van der Waals surface area (Å²) < 4.78 is 5.09. The van der Waals surface area contributed by atoms with Crippen molar-refractivity contribution in [3.05, 3.63) is 23.2 Å². The molecule has 1 saturated heterocycles. The molecule has 0 saturated carbocycles. The number of rotatable bonds is 3. The summed E-state index contributed by atoms with van der Waals surface area (Å²) in [6.45, 7) is 0.903. The van der Waals surface area contributed by atoms with Gasteiger partial charge < -0.3 is 15.0 Å². The summed E-state index contributed by atoms with van der Waals surface area (Å²) in [6, 6.07) is 5.22. The van der Waals surface area contributed by atoms with Gasteiger partial charge in [-0.05, 0) is 31.5 Å². The first-order chi connectivity index (χ1) is 8.63. The van der Waals surface area contributed by atoms with Crippen molar-refractivity contribution >= 4 is 23.2 Å². The maximum Gasteiger partial charge on any atom is 0.243 e. The lowest BCUT2D eigenvalue weighted by atomic mass is 10.2. The Hall–Kier alpha value is -1.26. The van der Waals surface area contributed by atoms with E-state index in [0.29, 0.717) is 16.5 Å². The van der Waals surface area contributed by atoms with Crippen LogP contribution in [0.5, 0.6) is 5.75 Å². The number of nitrogens with zero attached hydrogens (tertiary/aromatic N) is 1. The van der Waals surface area contributed by atoms with E-state index in [1.54, 1.807) is 37.3 Å². The van der Waals surface area contributed by atoms with Gasteiger partial charge in [-0.25, -0.2) is 0 Å². The fraction of sp³-hybridized carbons (Fsp3) is 0.462. The molecule has 0 aliphatic carbocycles. The average molecular weight is 269 g/mol. The summed E-state index contributed by atoms with van der Waals surface area (Å²) >= 11 is 6.16. The van der Waals surface area contributed by atoms with Crippen molar-refractivity contribution in [1.82, 2.24) is 5.32 Å². The molecule has 4 nitrogen and oxygen atoms in total. The van der Waals surface area contributed by atoms with Crippen molar-refractivity contribution in [1.29, 1.82) is 0 Å². The molecule has 1 unspecified atom stereocenters. The SMILES string of the molecule is COc1ccc(N(C)C(=O)C2CCCN2)c(Cl)c1. The van der Waals surface area contributed by atoms with E-state index >= 15 is 0 Å². The predicted octanol–water partition coefficient (Wildman–Crippen LogP) is 2.06. The maximum atomic E-state index is 12.2. The van der Waals surface area contributed by atoms with Gasteiger partial charge in [-0.1, -0.05) is 11.6 Å². The molecule has 0 radical (unpaired) electrons. The predicted molar refractivity (Wildman–Crippen MR) is 72.4 cm³/mol. The minimum atomic E-state index is -0.0897. The van der Waals surface area contributed by atoms with E-state index in [1.807, 2.05) is 0 Å². The topological polar surface area (TPSA) is 41.6 Å². The first-order valence-electron chi connectivity index (χ1n) is 5.98. The highest BCUT2D eigenvalue weighted by Crippen LogP contribution is 2.29. The van der Waals surface area contributed by atoms with Gasteiger partial charge in [0.25, 0.3) is 0 Å². The number of hydrogen-bond acceptors (Lipinski definition) is 3. The van der Waals surface area contributed by atoms with Crippen LogP contribution in [0.15, 0.2) is 18.2 Å². The Labute approximate surface area is 112 Å². The van der Waals surface area contributed by atoms with Crippen molar-refractivity contribution in [3.63, 3.8) is 0 Å². The van der Waals surface area contributed by atoms with Gasteiger partial charge >= 0.3 is 0 Å².